The summed E-state index contributed by atoms with van der Waals surface area (Å²) in [6, 6.07) is 7.27. The van der Waals surface area contributed by atoms with Crippen molar-refractivity contribution in [3.63, 3.8) is 0 Å². The molecule has 3 N–H and O–H groups in total. The highest BCUT2D eigenvalue weighted by atomic mass is 16.5. The maximum Gasteiger partial charge on any atom is 0.258 e. The number of para-hydroxylation sites is 1. The minimum Gasteiger partial charge on any atom is -0.366 e. The van der Waals surface area contributed by atoms with Gasteiger partial charge in [-0.1, -0.05) is 12.1 Å². The predicted molar refractivity (Wildman–Crippen MR) is 98.9 cm³/mol. The molecule has 8 heteroatoms. The molecule has 1 saturated heterocycles. The molecule has 2 heterocycles. The van der Waals surface area contributed by atoms with Gasteiger partial charge < -0.3 is 20.4 Å². The van der Waals surface area contributed by atoms with E-state index in [4.69, 9.17) is 4.74 Å². The van der Waals surface area contributed by atoms with Crippen LogP contribution in [-0.4, -0.2) is 66.7 Å². The van der Waals surface area contributed by atoms with Crippen molar-refractivity contribution in [2.24, 2.45) is 0 Å². The number of nitrogens with one attached hydrogen (secondary N) is 3. The van der Waals surface area contributed by atoms with Gasteiger partial charge in [-0.05, 0) is 32.1 Å². The number of ether oxygens (including phenoxy) is 1. The lowest BCUT2D eigenvalue weighted by Crippen LogP contribution is -2.49. The molecule has 0 bridgehead atoms. The third kappa shape index (κ3) is 4.66. The number of benzene rings is 1. The predicted octanol–water partition coefficient (Wildman–Crippen LogP) is -0.150. The standard InChI is InChI=1S/C18H25N5O3/c1-19-7-4-8-20-18(25)15-11-23(9-10-26-15)12-16-21-14-6-3-2-5-13(14)17(24)22-16/h2-3,5-6,15,19H,4,7-12H2,1H3,(H,20,25)(H,21,22,24). The molecule has 26 heavy (non-hydrogen) atoms. The van der Waals surface area contributed by atoms with Gasteiger partial charge in [0.25, 0.3) is 5.56 Å². The average molecular weight is 359 g/mol. The van der Waals surface area contributed by atoms with E-state index in [-0.39, 0.29) is 11.5 Å². The summed E-state index contributed by atoms with van der Waals surface area (Å²) in [6.45, 7) is 3.62. The molecule has 3 rings (SSSR count). The lowest BCUT2D eigenvalue weighted by molar-refractivity contribution is -0.138. The van der Waals surface area contributed by atoms with Crippen molar-refractivity contribution in [3.05, 3.63) is 40.4 Å². The SMILES string of the molecule is CNCCCNC(=O)C1CN(Cc2nc3ccccc3c(=O)[nH]2)CCO1. The average Bonchev–Trinajstić information content (AvgIpc) is 2.65. The first-order valence-corrected chi connectivity index (χ1v) is 8.91. The van der Waals surface area contributed by atoms with Crippen molar-refractivity contribution in [1.29, 1.82) is 0 Å². The van der Waals surface area contributed by atoms with Gasteiger partial charge in [0.2, 0.25) is 5.91 Å². The first-order valence-electron chi connectivity index (χ1n) is 8.91. The van der Waals surface area contributed by atoms with Crippen LogP contribution < -0.4 is 16.2 Å². The summed E-state index contributed by atoms with van der Waals surface area (Å²) in [6.07, 6.45) is 0.381. The maximum atomic E-state index is 12.2. The fourth-order valence-electron chi connectivity index (χ4n) is 3.02. The largest absolute Gasteiger partial charge is 0.366 e. The molecule has 0 saturated carbocycles. The smallest absolute Gasteiger partial charge is 0.258 e. The van der Waals surface area contributed by atoms with E-state index in [0.717, 1.165) is 13.0 Å². The molecule has 2 aromatic rings. The first kappa shape index (κ1) is 18.5. The second-order valence-electron chi connectivity index (χ2n) is 6.37. The Bertz CT molecular complexity index is 807. The number of rotatable bonds is 7. The molecule has 0 spiro atoms. The number of hydrogen-bond acceptors (Lipinski definition) is 6. The van der Waals surface area contributed by atoms with E-state index in [0.29, 0.717) is 49.5 Å². The Morgan fingerprint density at radius 2 is 2.23 bits per heavy atom. The number of aromatic nitrogens is 2. The molecular weight excluding hydrogens is 334 g/mol. The number of amides is 1. The number of aromatic amines is 1. The molecule has 8 nitrogen and oxygen atoms in total. The number of carbonyl (C=O) groups is 1. The van der Waals surface area contributed by atoms with Crippen LogP contribution in [0.15, 0.2) is 29.1 Å². The highest BCUT2D eigenvalue weighted by Gasteiger charge is 2.26. The lowest BCUT2D eigenvalue weighted by atomic mass is 10.2. The second-order valence-corrected chi connectivity index (χ2v) is 6.37. The molecule has 1 aliphatic heterocycles. The molecule has 1 fully saturated rings. The van der Waals surface area contributed by atoms with Gasteiger partial charge in [0.15, 0.2) is 0 Å². The van der Waals surface area contributed by atoms with Crippen LogP contribution in [0.4, 0.5) is 0 Å². The van der Waals surface area contributed by atoms with Crippen LogP contribution in [0.2, 0.25) is 0 Å². The van der Waals surface area contributed by atoms with Gasteiger partial charge in [-0.15, -0.1) is 0 Å². The summed E-state index contributed by atoms with van der Waals surface area (Å²) in [5.74, 6) is 0.509. The first-order chi connectivity index (χ1) is 12.7. The minimum atomic E-state index is -0.495. The third-order valence-electron chi connectivity index (χ3n) is 4.38. The summed E-state index contributed by atoms with van der Waals surface area (Å²) in [5.41, 5.74) is 0.538. The summed E-state index contributed by atoms with van der Waals surface area (Å²) >= 11 is 0. The molecule has 0 aliphatic carbocycles. The van der Waals surface area contributed by atoms with Gasteiger partial charge in [-0.25, -0.2) is 4.98 Å². The normalized spacial score (nSPS) is 18.1. The fraction of sp³-hybridized carbons (Fsp3) is 0.500. The van der Waals surface area contributed by atoms with Crippen molar-refractivity contribution in [3.8, 4) is 0 Å². The number of carbonyl (C=O) groups excluding carboxylic acids is 1. The Morgan fingerprint density at radius 1 is 1.38 bits per heavy atom. The van der Waals surface area contributed by atoms with Crippen molar-refractivity contribution in [2.45, 2.75) is 19.1 Å². The summed E-state index contributed by atoms with van der Waals surface area (Å²) in [4.78, 5) is 33.8. The van der Waals surface area contributed by atoms with E-state index in [9.17, 15) is 9.59 Å². The Kier molecular flexibility index (Phi) is 6.32. The second kappa shape index (κ2) is 8.88. The quantitative estimate of drug-likeness (QED) is 0.595. The Balaban J connectivity index is 1.60. The zero-order valence-corrected chi connectivity index (χ0v) is 15.0. The molecule has 1 unspecified atom stereocenters. The number of hydrogen-bond donors (Lipinski definition) is 3. The van der Waals surface area contributed by atoms with Crippen molar-refractivity contribution in [1.82, 2.24) is 25.5 Å². The van der Waals surface area contributed by atoms with Gasteiger partial charge in [-0.2, -0.15) is 0 Å². The van der Waals surface area contributed by atoms with E-state index in [1.165, 1.54) is 0 Å². The van der Waals surface area contributed by atoms with Crippen LogP contribution in [0.1, 0.15) is 12.2 Å². The van der Waals surface area contributed by atoms with Crippen molar-refractivity contribution >= 4 is 16.8 Å². The van der Waals surface area contributed by atoms with E-state index < -0.39 is 6.10 Å². The van der Waals surface area contributed by atoms with E-state index >= 15 is 0 Å². The van der Waals surface area contributed by atoms with Gasteiger partial charge in [-0.3, -0.25) is 14.5 Å². The van der Waals surface area contributed by atoms with Crippen LogP contribution in [0.3, 0.4) is 0 Å². The molecule has 1 aromatic heterocycles. The third-order valence-corrected chi connectivity index (χ3v) is 4.38. The summed E-state index contributed by atoms with van der Waals surface area (Å²) in [5, 5.41) is 6.53. The molecule has 1 atom stereocenters. The van der Waals surface area contributed by atoms with Gasteiger partial charge in [0.05, 0.1) is 24.1 Å². The summed E-state index contributed by atoms with van der Waals surface area (Å²) < 4.78 is 5.60. The molecular formula is C18H25N5O3. The molecule has 140 valence electrons. The molecule has 1 aromatic carbocycles. The Labute approximate surface area is 151 Å². The van der Waals surface area contributed by atoms with Crippen LogP contribution in [0.25, 0.3) is 10.9 Å². The van der Waals surface area contributed by atoms with Gasteiger partial charge in [0.1, 0.15) is 11.9 Å². The van der Waals surface area contributed by atoms with E-state index in [1.807, 2.05) is 25.2 Å². The molecule has 1 aliphatic rings. The minimum absolute atomic E-state index is 0.0919. The number of morpholine rings is 1. The van der Waals surface area contributed by atoms with Crippen LogP contribution in [0, 0.1) is 0 Å². The van der Waals surface area contributed by atoms with Crippen molar-refractivity contribution in [2.75, 3.05) is 39.8 Å². The Hall–Kier alpha value is -2.29. The van der Waals surface area contributed by atoms with Crippen LogP contribution in [-0.2, 0) is 16.1 Å². The van der Waals surface area contributed by atoms with Crippen LogP contribution in [0.5, 0.6) is 0 Å². The number of nitrogens with zero attached hydrogens (tertiary/aromatic N) is 2. The van der Waals surface area contributed by atoms with Gasteiger partial charge in [0, 0.05) is 19.6 Å². The number of H-pyrrole nitrogens is 1. The topological polar surface area (TPSA) is 99.4 Å². The Morgan fingerprint density at radius 3 is 3.08 bits per heavy atom. The van der Waals surface area contributed by atoms with E-state index in [1.54, 1.807) is 6.07 Å². The fourth-order valence-corrected chi connectivity index (χ4v) is 3.02. The number of fused-ring (bicyclic) bond motifs is 1. The monoisotopic (exact) mass is 359 g/mol. The molecule has 1 amide bonds. The highest BCUT2D eigenvalue weighted by molar-refractivity contribution is 5.81. The summed E-state index contributed by atoms with van der Waals surface area (Å²) in [7, 11) is 1.88. The zero-order valence-electron chi connectivity index (χ0n) is 15.0. The molecule has 0 radical (unpaired) electrons. The lowest BCUT2D eigenvalue weighted by Gasteiger charge is -2.31. The highest BCUT2D eigenvalue weighted by Crippen LogP contribution is 2.10. The maximum absolute atomic E-state index is 12.2. The van der Waals surface area contributed by atoms with Crippen molar-refractivity contribution < 1.29 is 9.53 Å². The van der Waals surface area contributed by atoms with E-state index in [2.05, 4.69) is 25.5 Å². The van der Waals surface area contributed by atoms with Gasteiger partial charge >= 0.3 is 0 Å². The van der Waals surface area contributed by atoms with Crippen LogP contribution >= 0.6 is 0 Å². The zero-order chi connectivity index (χ0) is 18.4.